The summed E-state index contributed by atoms with van der Waals surface area (Å²) < 4.78 is 0. The first kappa shape index (κ1) is 15.0. The third kappa shape index (κ3) is 3.38. The minimum atomic E-state index is -0.0192. The number of hydrogen-bond acceptors (Lipinski definition) is 3. The van der Waals surface area contributed by atoms with Gasteiger partial charge < -0.3 is 4.90 Å². The summed E-state index contributed by atoms with van der Waals surface area (Å²) in [6.07, 6.45) is 4.01. The molecule has 5 nitrogen and oxygen atoms in total. The van der Waals surface area contributed by atoms with Crippen molar-refractivity contribution in [3.05, 3.63) is 0 Å². The quantitative estimate of drug-likeness (QED) is 0.776. The molecule has 1 saturated heterocycles. The van der Waals surface area contributed by atoms with Crippen LogP contribution in [0.15, 0.2) is 5.10 Å². The normalized spacial score (nSPS) is 24.1. The van der Waals surface area contributed by atoms with Gasteiger partial charge in [0.15, 0.2) is 0 Å². The van der Waals surface area contributed by atoms with Gasteiger partial charge in [0.25, 0.3) is 5.91 Å². The summed E-state index contributed by atoms with van der Waals surface area (Å²) in [6.45, 7) is 7.44. The maximum Gasteiger partial charge on any atom is 0.270 e. The Morgan fingerprint density at radius 2 is 2.05 bits per heavy atom. The molecule has 1 unspecified atom stereocenters. The fraction of sp³-hybridized carbons (Fsp3) is 0.800. The Labute approximate surface area is 121 Å². The van der Waals surface area contributed by atoms with Crippen LogP contribution in [0.25, 0.3) is 0 Å². The maximum atomic E-state index is 12.6. The van der Waals surface area contributed by atoms with Crippen molar-refractivity contribution >= 4 is 17.5 Å². The predicted molar refractivity (Wildman–Crippen MR) is 78.2 cm³/mol. The van der Waals surface area contributed by atoms with Crippen molar-refractivity contribution in [1.29, 1.82) is 0 Å². The van der Waals surface area contributed by atoms with E-state index in [0.29, 0.717) is 24.6 Å². The highest BCUT2D eigenvalue weighted by Gasteiger charge is 2.35. The molecule has 2 amide bonds. The van der Waals surface area contributed by atoms with Gasteiger partial charge in [0.05, 0.1) is 0 Å². The van der Waals surface area contributed by atoms with E-state index in [2.05, 4.69) is 25.9 Å². The molecule has 2 aliphatic rings. The smallest absolute Gasteiger partial charge is 0.270 e. The number of hydrogen-bond donors (Lipinski definition) is 0. The van der Waals surface area contributed by atoms with E-state index in [9.17, 15) is 9.59 Å². The van der Waals surface area contributed by atoms with Gasteiger partial charge in [-0.25, -0.2) is 5.01 Å². The first-order chi connectivity index (χ1) is 9.28. The highest BCUT2D eigenvalue weighted by atomic mass is 16.2. The first-order valence-electron chi connectivity index (χ1n) is 7.43. The van der Waals surface area contributed by atoms with Crippen molar-refractivity contribution in [2.45, 2.75) is 58.9 Å². The number of hydrazone groups is 1. The van der Waals surface area contributed by atoms with Crippen LogP contribution in [0.1, 0.15) is 52.9 Å². The molecule has 0 aromatic rings. The Hall–Kier alpha value is -1.39. The zero-order valence-corrected chi connectivity index (χ0v) is 13.0. The summed E-state index contributed by atoms with van der Waals surface area (Å²) in [5.41, 5.74) is 0.752. The lowest BCUT2D eigenvalue weighted by Crippen LogP contribution is -2.44. The average Bonchev–Trinajstić information content (AvgIpc) is 2.77. The van der Waals surface area contributed by atoms with Crippen LogP contribution in [0.3, 0.4) is 0 Å². The molecule has 0 spiro atoms. The molecular formula is C15H25N3O2. The fourth-order valence-corrected chi connectivity index (χ4v) is 3.01. The zero-order chi connectivity index (χ0) is 14.9. The molecule has 0 aromatic carbocycles. The molecule has 20 heavy (non-hydrogen) atoms. The number of carbonyl (C=O) groups is 2. The Morgan fingerprint density at radius 3 is 2.65 bits per heavy atom. The Morgan fingerprint density at radius 1 is 1.35 bits per heavy atom. The molecule has 5 heteroatoms. The molecule has 0 radical (unpaired) electrons. The summed E-state index contributed by atoms with van der Waals surface area (Å²) in [7, 11) is 1.62. The van der Waals surface area contributed by atoms with E-state index in [0.717, 1.165) is 25.8 Å². The zero-order valence-electron chi connectivity index (χ0n) is 13.0. The maximum absolute atomic E-state index is 12.6. The van der Waals surface area contributed by atoms with E-state index in [-0.39, 0.29) is 17.2 Å². The van der Waals surface area contributed by atoms with Crippen molar-refractivity contribution in [3.8, 4) is 0 Å². The lowest BCUT2D eigenvalue weighted by Gasteiger charge is -2.31. The molecule has 1 atom stereocenters. The third-order valence-corrected chi connectivity index (χ3v) is 3.94. The molecule has 0 aliphatic carbocycles. The van der Waals surface area contributed by atoms with Gasteiger partial charge in [-0.05, 0) is 24.7 Å². The van der Waals surface area contributed by atoms with Crippen LogP contribution in [0, 0.1) is 5.41 Å². The van der Waals surface area contributed by atoms with Crippen molar-refractivity contribution in [1.82, 2.24) is 9.91 Å². The SMILES string of the molecule is CN1N=C(C(=O)N2CCCC2CC(C)(C)C)CCC1=O. The number of amides is 2. The van der Waals surface area contributed by atoms with Crippen LogP contribution in [0.4, 0.5) is 0 Å². The number of carbonyl (C=O) groups excluding carboxylic acids is 2. The van der Waals surface area contributed by atoms with Gasteiger partial charge in [0, 0.05) is 32.5 Å². The van der Waals surface area contributed by atoms with Crippen LogP contribution >= 0.6 is 0 Å². The molecule has 0 N–H and O–H groups in total. The average molecular weight is 279 g/mol. The molecule has 2 aliphatic heterocycles. The molecule has 2 heterocycles. The monoisotopic (exact) mass is 279 g/mol. The Balaban J connectivity index is 2.08. The predicted octanol–water partition coefficient (Wildman–Crippen LogP) is 2.02. The summed E-state index contributed by atoms with van der Waals surface area (Å²) in [6, 6.07) is 0.313. The van der Waals surface area contributed by atoms with E-state index < -0.39 is 0 Å². The van der Waals surface area contributed by atoms with Crippen LogP contribution in [-0.4, -0.2) is 47.1 Å². The second-order valence-electron chi connectivity index (χ2n) is 7.02. The second kappa shape index (κ2) is 5.54. The lowest BCUT2D eigenvalue weighted by atomic mass is 9.87. The number of nitrogens with zero attached hydrogens (tertiary/aromatic N) is 3. The topological polar surface area (TPSA) is 53.0 Å². The summed E-state index contributed by atoms with van der Waals surface area (Å²) in [4.78, 5) is 26.0. The first-order valence-corrected chi connectivity index (χ1v) is 7.43. The molecule has 0 saturated carbocycles. The molecule has 1 fully saturated rings. The van der Waals surface area contributed by atoms with E-state index in [4.69, 9.17) is 0 Å². The van der Waals surface area contributed by atoms with Crippen LogP contribution in [-0.2, 0) is 9.59 Å². The Kier molecular flexibility index (Phi) is 4.16. The highest BCUT2D eigenvalue weighted by Crippen LogP contribution is 2.30. The van der Waals surface area contributed by atoms with Gasteiger partial charge >= 0.3 is 0 Å². The third-order valence-electron chi connectivity index (χ3n) is 3.94. The summed E-state index contributed by atoms with van der Waals surface area (Å²) in [5.74, 6) is 0.00492. The van der Waals surface area contributed by atoms with Gasteiger partial charge in [-0.1, -0.05) is 20.8 Å². The van der Waals surface area contributed by atoms with E-state index in [1.165, 1.54) is 5.01 Å². The van der Waals surface area contributed by atoms with E-state index in [1.807, 2.05) is 4.90 Å². The van der Waals surface area contributed by atoms with E-state index >= 15 is 0 Å². The van der Waals surface area contributed by atoms with Crippen LogP contribution < -0.4 is 0 Å². The van der Waals surface area contributed by atoms with Crippen LogP contribution in [0.2, 0.25) is 0 Å². The summed E-state index contributed by atoms with van der Waals surface area (Å²) in [5, 5.41) is 5.45. The van der Waals surface area contributed by atoms with Gasteiger partial charge in [-0.2, -0.15) is 5.10 Å². The molecular weight excluding hydrogens is 254 g/mol. The molecule has 0 bridgehead atoms. The van der Waals surface area contributed by atoms with Crippen molar-refractivity contribution in [2.75, 3.05) is 13.6 Å². The van der Waals surface area contributed by atoms with Gasteiger partial charge in [0.2, 0.25) is 5.91 Å². The minimum Gasteiger partial charge on any atom is -0.335 e. The lowest BCUT2D eigenvalue weighted by molar-refractivity contribution is -0.130. The van der Waals surface area contributed by atoms with Crippen molar-refractivity contribution < 1.29 is 9.59 Å². The van der Waals surface area contributed by atoms with Crippen LogP contribution in [0.5, 0.6) is 0 Å². The number of likely N-dealkylation sites (tertiary alicyclic amines) is 1. The Bertz CT molecular complexity index is 437. The second-order valence-corrected chi connectivity index (χ2v) is 7.02. The number of rotatable bonds is 2. The minimum absolute atomic E-state index is 0.0192. The van der Waals surface area contributed by atoms with Gasteiger partial charge in [-0.3, -0.25) is 9.59 Å². The fourth-order valence-electron chi connectivity index (χ4n) is 3.01. The standard InChI is InChI=1S/C15H25N3O2/c1-15(2,3)10-11-6-5-9-18(11)14(20)12-7-8-13(19)17(4)16-12/h11H,5-10H2,1-4H3. The van der Waals surface area contributed by atoms with Crippen molar-refractivity contribution in [3.63, 3.8) is 0 Å². The van der Waals surface area contributed by atoms with Gasteiger partial charge in [-0.15, -0.1) is 0 Å². The summed E-state index contributed by atoms with van der Waals surface area (Å²) >= 11 is 0. The van der Waals surface area contributed by atoms with Gasteiger partial charge in [0.1, 0.15) is 5.71 Å². The highest BCUT2D eigenvalue weighted by molar-refractivity contribution is 6.39. The molecule has 2 rings (SSSR count). The largest absolute Gasteiger partial charge is 0.335 e. The van der Waals surface area contributed by atoms with E-state index in [1.54, 1.807) is 7.05 Å². The molecule has 0 aromatic heterocycles. The molecule has 112 valence electrons. The van der Waals surface area contributed by atoms with Crippen molar-refractivity contribution in [2.24, 2.45) is 10.5 Å².